The van der Waals surface area contributed by atoms with Gasteiger partial charge in [-0.25, -0.2) is 0 Å². The zero-order valence-corrected chi connectivity index (χ0v) is 13.9. The van der Waals surface area contributed by atoms with E-state index in [0.29, 0.717) is 31.9 Å². The van der Waals surface area contributed by atoms with E-state index in [0.717, 1.165) is 12.8 Å². The Morgan fingerprint density at radius 2 is 1.79 bits per heavy atom. The number of carbonyl (C=O) groups is 2. The summed E-state index contributed by atoms with van der Waals surface area (Å²) in [5, 5.41) is 0. The Bertz CT molecular complexity index is 664. The lowest BCUT2D eigenvalue weighted by atomic mass is 10.2. The predicted octanol–water partition coefficient (Wildman–Crippen LogP) is 2.41. The summed E-state index contributed by atoms with van der Waals surface area (Å²) in [6.07, 6.45) is 6.89. The summed E-state index contributed by atoms with van der Waals surface area (Å²) in [6, 6.07) is 7.08. The zero-order valence-electron chi connectivity index (χ0n) is 13.9. The van der Waals surface area contributed by atoms with Crippen molar-refractivity contribution in [2.75, 3.05) is 26.2 Å². The molecule has 2 amide bonds. The van der Waals surface area contributed by atoms with Gasteiger partial charge in [0.15, 0.2) is 5.76 Å². The molecule has 0 aliphatic carbocycles. The highest BCUT2D eigenvalue weighted by Gasteiger charge is 2.27. The predicted molar refractivity (Wildman–Crippen MR) is 89.6 cm³/mol. The third kappa shape index (κ3) is 3.37. The van der Waals surface area contributed by atoms with Crippen LogP contribution >= 0.6 is 0 Å². The third-order valence-electron chi connectivity index (χ3n) is 4.49. The molecule has 24 heavy (non-hydrogen) atoms. The molecule has 1 aliphatic rings. The van der Waals surface area contributed by atoms with E-state index in [4.69, 9.17) is 4.42 Å². The van der Waals surface area contributed by atoms with Crippen LogP contribution in [0.3, 0.4) is 0 Å². The summed E-state index contributed by atoms with van der Waals surface area (Å²) in [4.78, 5) is 28.9. The molecule has 128 valence electrons. The normalized spacial score (nSPS) is 16.7. The fraction of sp³-hybridized carbons (Fsp3) is 0.444. The van der Waals surface area contributed by atoms with Gasteiger partial charge < -0.3 is 18.8 Å². The maximum Gasteiger partial charge on any atom is 0.289 e. The SMILES string of the molecule is CCC(C(=O)N1CCCN(C(=O)c2ccco2)CC1)n1cccc1. The second-order valence-corrected chi connectivity index (χ2v) is 6.00. The summed E-state index contributed by atoms with van der Waals surface area (Å²) in [7, 11) is 0. The molecule has 0 N–H and O–H groups in total. The van der Waals surface area contributed by atoms with Gasteiger partial charge in [-0.2, -0.15) is 0 Å². The lowest BCUT2D eigenvalue weighted by Gasteiger charge is -2.26. The molecule has 0 saturated carbocycles. The van der Waals surface area contributed by atoms with Gasteiger partial charge >= 0.3 is 0 Å². The molecule has 0 spiro atoms. The maximum atomic E-state index is 12.9. The number of hydrogen-bond acceptors (Lipinski definition) is 3. The van der Waals surface area contributed by atoms with Crippen molar-refractivity contribution in [1.29, 1.82) is 0 Å². The van der Waals surface area contributed by atoms with Crippen molar-refractivity contribution in [3.63, 3.8) is 0 Å². The van der Waals surface area contributed by atoms with E-state index in [-0.39, 0.29) is 17.9 Å². The number of amides is 2. The second-order valence-electron chi connectivity index (χ2n) is 6.00. The van der Waals surface area contributed by atoms with Crippen molar-refractivity contribution in [1.82, 2.24) is 14.4 Å². The first kappa shape index (κ1) is 16.4. The molecule has 1 atom stereocenters. The Morgan fingerprint density at radius 1 is 1.08 bits per heavy atom. The molecule has 1 aliphatic heterocycles. The molecule has 2 aromatic heterocycles. The van der Waals surface area contributed by atoms with Crippen LogP contribution in [0, 0.1) is 0 Å². The summed E-state index contributed by atoms with van der Waals surface area (Å²) >= 11 is 0. The van der Waals surface area contributed by atoms with Crippen LogP contribution in [-0.2, 0) is 4.79 Å². The monoisotopic (exact) mass is 329 g/mol. The molecule has 1 unspecified atom stereocenters. The molecule has 6 heteroatoms. The van der Waals surface area contributed by atoms with Crippen LogP contribution in [0.5, 0.6) is 0 Å². The van der Waals surface area contributed by atoms with Gasteiger partial charge in [-0.05, 0) is 37.1 Å². The molecule has 0 radical (unpaired) electrons. The summed E-state index contributed by atoms with van der Waals surface area (Å²) < 4.78 is 7.15. The van der Waals surface area contributed by atoms with E-state index in [1.165, 1.54) is 6.26 Å². The molecule has 0 aromatic carbocycles. The highest BCUT2D eigenvalue weighted by Crippen LogP contribution is 2.17. The molecule has 6 nitrogen and oxygen atoms in total. The average Bonchev–Trinajstić information content (AvgIpc) is 3.25. The van der Waals surface area contributed by atoms with Crippen LogP contribution < -0.4 is 0 Å². The molecule has 3 rings (SSSR count). The molecule has 1 fully saturated rings. The zero-order chi connectivity index (χ0) is 16.9. The van der Waals surface area contributed by atoms with Crippen LogP contribution in [0.25, 0.3) is 0 Å². The summed E-state index contributed by atoms with van der Waals surface area (Å²) in [6.45, 7) is 4.44. The molecule has 1 saturated heterocycles. The molecular formula is C18H23N3O3. The molecule has 0 bridgehead atoms. The molecule has 3 heterocycles. The fourth-order valence-corrected chi connectivity index (χ4v) is 3.18. The number of furan rings is 1. The number of rotatable bonds is 4. The first-order chi connectivity index (χ1) is 11.7. The Labute approximate surface area is 141 Å². The van der Waals surface area contributed by atoms with Crippen molar-refractivity contribution in [2.24, 2.45) is 0 Å². The van der Waals surface area contributed by atoms with Crippen LogP contribution in [0.4, 0.5) is 0 Å². The Hall–Kier alpha value is -2.50. The molecule has 2 aromatic rings. The summed E-state index contributed by atoms with van der Waals surface area (Å²) in [5.74, 6) is 0.376. The van der Waals surface area contributed by atoms with E-state index in [1.807, 2.05) is 40.9 Å². The van der Waals surface area contributed by atoms with E-state index >= 15 is 0 Å². The van der Waals surface area contributed by atoms with Gasteiger partial charge in [0.2, 0.25) is 5.91 Å². The van der Waals surface area contributed by atoms with E-state index in [9.17, 15) is 9.59 Å². The van der Waals surface area contributed by atoms with Gasteiger partial charge in [-0.1, -0.05) is 6.92 Å². The van der Waals surface area contributed by atoms with Crippen LogP contribution in [0.15, 0.2) is 47.3 Å². The summed E-state index contributed by atoms with van der Waals surface area (Å²) in [5.41, 5.74) is 0. The Morgan fingerprint density at radius 3 is 2.46 bits per heavy atom. The minimum atomic E-state index is -0.174. The lowest BCUT2D eigenvalue weighted by molar-refractivity contribution is -0.134. The molecular weight excluding hydrogens is 306 g/mol. The highest BCUT2D eigenvalue weighted by atomic mass is 16.3. The number of nitrogens with zero attached hydrogens (tertiary/aromatic N) is 3. The third-order valence-corrected chi connectivity index (χ3v) is 4.49. The van der Waals surface area contributed by atoms with Crippen molar-refractivity contribution >= 4 is 11.8 Å². The van der Waals surface area contributed by atoms with Crippen molar-refractivity contribution in [2.45, 2.75) is 25.8 Å². The first-order valence-electron chi connectivity index (χ1n) is 8.44. The largest absolute Gasteiger partial charge is 0.459 e. The quantitative estimate of drug-likeness (QED) is 0.865. The van der Waals surface area contributed by atoms with Crippen LogP contribution in [-0.4, -0.2) is 52.4 Å². The minimum Gasteiger partial charge on any atom is -0.459 e. The van der Waals surface area contributed by atoms with Gasteiger partial charge in [0.05, 0.1) is 6.26 Å². The highest BCUT2D eigenvalue weighted by molar-refractivity contribution is 5.91. The number of hydrogen-bond donors (Lipinski definition) is 0. The van der Waals surface area contributed by atoms with E-state index in [1.54, 1.807) is 17.0 Å². The van der Waals surface area contributed by atoms with E-state index in [2.05, 4.69) is 0 Å². The van der Waals surface area contributed by atoms with E-state index < -0.39 is 0 Å². The maximum absolute atomic E-state index is 12.9. The van der Waals surface area contributed by atoms with Crippen LogP contribution in [0.1, 0.15) is 36.4 Å². The first-order valence-corrected chi connectivity index (χ1v) is 8.44. The van der Waals surface area contributed by atoms with Gasteiger partial charge in [-0.15, -0.1) is 0 Å². The van der Waals surface area contributed by atoms with Crippen molar-refractivity contribution < 1.29 is 14.0 Å². The fourth-order valence-electron chi connectivity index (χ4n) is 3.18. The average molecular weight is 329 g/mol. The lowest BCUT2D eigenvalue weighted by Crippen LogP contribution is -2.40. The Balaban J connectivity index is 1.64. The van der Waals surface area contributed by atoms with Gasteiger partial charge in [0, 0.05) is 38.6 Å². The van der Waals surface area contributed by atoms with Gasteiger partial charge in [0.25, 0.3) is 5.91 Å². The van der Waals surface area contributed by atoms with Crippen molar-refractivity contribution in [3.05, 3.63) is 48.7 Å². The van der Waals surface area contributed by atoms with Gasteiger partial charge in [-0.3, -0.25) is 9.59 Å². The smallest absolute Gasteiger partial charge is 0.289 e. The minimum absolute atomic E-state index is 0.105. The topological polar surface area (TPSA) is 58.7 Å². The standard InChI is InChI=1S/C18H23N3O3/c1-2-15(19-8-3-4-9-19)17(22)20-10-6-11-21(13-12-20)18(23)16-7-5-14-24-16/h3-5,7-9,14-15H,2,6,10-13H2,1H3. The number of carbonyl (C=O) groups excluding carboxylic acids is 2. The van der Waals surface area contributed by atoms with Gasteiger partial charge in [0.1, 0.15) is 6.04 Å². The Kier molecular flexibility index (Phi) is 5.03. The second kappa shape index (κ2) is 7.38. The van der Waals surface area contributed by atoms with Crippen molar-refractivity contribution in [3.8, 4) is 0 Å². The van der Waals surface area contributed by atoms with Crippen LogP contribution in [0.2, 0.25) is 0 Å². The number of aromatic nitrogens is 1.